The zero-order valence-corrected chi connectivity index (χ0v) is 19.8. The Hall–Kier alpha value is -2.39. The van der Waals surface area contributed by atoms with Crippen LogP contribution in [0.15, 0.2) is 30.3 Å². The maximum Gasteiger partial charge on any atom is 0.407 e. The number of esters is 1. The summed E-state index contributed by atoms with van der Waals surface area (Å²) in [6.07, 6.45) is -0.706. The second kappa shape index (κ2) is 11.7. The summed E-state index contributed by atoms with van der Waals surface area (Å²) in [5.41, 5.74) is 0.842. The number of carbonyl (C=O) groups excluding carboxylic acids is 3. The number of carbonyl (C=O) groups is 3. The van der Waals surface area contributed by atoms with Crippen molar-refractivity contribution in [2.45, 2.75) is 45.5 Å². The molecule has 0 spiro atoms. The number of amides is 2. The molecule has 0 aromatic heterocycles. The fraction of sp³-hybridized carbons (Fsp3) is 0.571. The topological polar surface area (TPSA) is 94.2 Å². The number of rotatable bonds is 10. The van der Waals surface area contributed by atoms with Crippen LogP contribution < -0.4 is 5.32 Å². The summed E-state index contributed by atoms with van der Waals surface area (Å²) in [5.74, 6) is -0.960. The molecule has 30 heavy (non-hydrogen) atoms. The van der Waals surface area contributed by atoms with Gasteiger partial charge in [0, 0.05) is 6.54 Å². The van der Waals surface area contributed by atoms with Crippen LogP contribution in [-0.4, -0.2) is 64.5 Å². The molecule has 1 aromatic rings. The lowest BCUT2D eigenvalue weighted by Crippen LogP contribution is -2.47. The molecule has 9 heteroatoms. The molecule has 2 amide bonds. The first-order chi connectivity index (χ1) is 14.0. The van der Waals surface area contributed by atoms with E-state index in [1.807, 2.05) is 30.3 Å². The third-order valence-corrected chi connectivity index (χ3v) is 9.67. The maximum atomic E-state index is 12.5. The summed E-state index contributed by atoms with van der Waals surface area (Å²) < 4.78 is 15.8. The predicted molar refractivity (Wildman–Crippen MR) is 116 cm³/mol. The van der Waals surface area contributed by atoms with E-state index in [1.165, 1.54) is 12.0 Å². The summed E-state index contributed by atoms with van der Waals surface area (Å²) in [6.45, 7) is 10.7. The van der Waals surface area contributed by atoms with Crippen molar-refractivity contribution in [3.05, 3.63) is 35.9 Å². The number of benzene rings is 1. The van der Waals surface area contributed by atoms with Crippen LogP contribution in [0.5, 0.6) is 0 Å². The third kappa shape index (κ3) is 8.96. The van der Waals surface area contributed by atoms with Gasteiger partial charge >= 0.3 is 12.1 Å². The molecule has 0 heterocycles. The Kier molecular flexibility index (Phi) is 10.0. The summed E-state index contributed by atoms with van der Waals surface area (Å²) in [7, 11) is -0.718. The summed E-state index contributed by atoms with van der Waals surface area (Å²) >= 11 is 0. The fourth-order valence-corrected chi connectivity index (χ4v) is 3.21. The van der Waals surface area contributed by atoms with Gasteiger partial charge in [-0.3, -0.25) is 9.59 Å². The quantitative estimate of drug-likeness (QED) is 0.446. The SMILES string of the molecule is COC(=O)CN(CCO[Si](C)(C)C(C)(C)C)C(=O)CNC(=O)OCc1ccccc1. The molecule has 0 aliphatic carbocycles. The molecule has 0 fully saturated rings. The molecule has 8 nitrogen and oxygen atoms in total. The van der Waals surface area contributed by atoms with Gasteiger partial charge in [0.1, 0.15) is 19.7 Å². The van der Waals surface area contributed by atoms with E-state index in [-0.39, 0.29) is 31.3 Å². The molecule has 168 valence electrons. The number of alkyl carbamates (subject to hydrolysis) is 1. The van der Waals surface area contributed by atoms with Crippen molar-refractivity contribution in [2.24, 2.45) is 0 Å². The molecule has 0 saturated carbocycles. The predicted octanol–water partition coefficient (Wildman–Crippen LogP) is 2.94. The molecule has 0 unspecified atom stereocenters. The first kappa shape index (κ1) is 25.6. The van der Waals surface area contributed by atoms with Gasteiger partial charge in [-0.1, -0.05) is 51.1 Å². The van der Waals surface area contributed by atoms with Crippen molar-refractivity contribution < 1.29 is 28.3 Å². The lowest BCUT2D eigenvalue weighted by atomic mass is 10.2. The van der Waals surface area contributed by atoms with Crippen LogP contribution in [0.1, 0.15) is 26.3 Å². The zero-order valence-electron chi connectivity index (χ0n) is 18.8. The summed E-state index contributed by atoms with van der Waals surface area (Å²) in [5, 5.41) is 2.45. The van der Waals surface area contributed by atoms with Gasteiger partial charge in [-0.15, -0.1) is 0 Å². The van der Waals surface area contributed by atoms with Gasteiger partial charge in [0.05, 0.1) is 13.7 Å². The van der Waals surface area contributed by atoms with E-state index < -0.39 is 26.3 Å². The Morgan fingerprint density at radius 3 is 2.30 bits per heavy atom. The second-order valence-electron chi connectivity index (χ2n) is 8.42. The lowest BCUT2D eigenvalue weighted by Gasteiger charge is -2.36. The van der Waals surface area contributed by atoms with E-state index >= 15 is 0 Å². The van der Waals surface area contributed by atoms with Crippen molar-refractivity contribution >= 4 is 26.3 Å². The first-order valence-corrected chi connectivity index (χ1v) is 12.8. The van der Waals surface area contributed by atoms with E-state index in [2.05, 4.69) is 43.9 Å². The number of methoxy groups -OCH3 is 1. The van der Waals surface area contributed by atoms with E-state index in [0.717, 1.165) is 5.56 Å². The molecular weight excluding hydrogens is 404 g/mol. The number of nitrogens with one attached hydrogen (secondary N) is 1. The average Bonchev–Trinajstić information content (AvgIpc) is 2.69. The van der Waals surface area contributed by atoms with Gasteiger partial charge in [-0.2, -0.15) is 0 Å². The highest BCUT2D eigenvalue weighted by molar-refractivity contribution is 6.74. The van der Waals surface area contributed by atoms with Crippen molar-refractivity contribution in [1.29, 1.82) is 0 Å². The smallest absolute Gasteiger partial charge is 0.407 e. The van der Waals surface area contributed by atoms with E-state index in [4.69, 9.17) is 9.16 Å². The Morgan fingerprint density at radius 2 is 1.73 bits per heavy atom. The fourth-order valence-electron chi connectivity index (χ4n) is 2.17. The Labute approximate surface area is 180 Å². The number of hydrogen-bond donors (Lipinski definition) is 1. The number of ether oxygens (including phenoxy) is 2. The minimum Gasteiger partial charge on any atom is -0.468 e. The van der Waals surface area contributed by atoms with Gasteiger partial charge < -0.3 is 24.1 Å². The van der Waals surface area contributed by atoms with Gasteiger partial charge in [0.2, 0.25) is 5.91 Å². The minimum atomic E-state index is -1.98. The lowest BCUT2D eigenvalue weighted by molar-refractivity contribution is -0.146. The van der Waals surface area contributed by atoms with E-state index in [1.54, 1.807) is 0 Å². The standard InChI is InChI=1S/C21H34N2O6Si/c1-21(2,3)30(5,6)29-13-12-23(15-19(25)27-4)18(24)14-22-20(26)28-16-17-10-8-7-9-11-17/h7-11H,12-16H2,1-6H3,(H,22,26). The molecule has 0 bridgehead atoms. The molecule has 1 N–H and O–H groups in total. The van der Waals surface area contributed by atoms with E-state index in [9.17, 15) is 14.4 Å². The molecule has 0 aliphatic heterocycles. The average molecular weight is 439 g/mol. The third-order valence-electron chi connectivity index (χ3n) is 5.13. The Morgan fingerprint density at radius 1 is 1.10 bits per heavy atom. The molecule has 1 aromatic carbocycles. The molecule has 0 aliphatic rings. The highest BCUT2D eigenvalue weighted by atomic mass is 28.4. The van der Waals surface area contributed by atoms with Crippen LogP contribution in [0.3, 0.4) is 0 Å². The zero-order chi connectivity index (χ0) is 22.8. The van der Waals surface area contributed by atoms with Gasteiger partial charge in [-0.25, -0.2) is 4.79 Å². The second-order valence-corrected chi connectivity index (χ2v) is 13.2. The number of nitrogens with zero attached hydrogens (tertiary/aromatic N) is 1. The van der Waals surface area contributed by atoms with Crippen molar-refractivity contribution in [3.63, 3.8) is 0 Å². The highest BCUT2D eigenvalue weighted by Gasteiger charge is 2.37. The van der Waals surface area contributed by atoms with Crippen LogP contribution in [0.4, 0.5) is 4.79 Å². The van der Waals surface area contributed by atoms with Gasteiger partial charge in [0.15, 0.2) is 8.32 Å². The van der Waals surface area contributed by atoms with Crippen molar-refractivity contribution in [3.8, 4) is 0 Å². The van der Waals surface area contributed by atoms with Gasteiger partial charge in [-0.05, 0) is 23.7 Å². The Bertz CT molecular complexity index is 703. The molecule has 0 radical (unpaired) electrons. The summed E-state index contributed by atoms with van der Waals surface area (Å²) in [6, 6.07) is 9.22. The maximum absolute atomic E-state index is 12.5. The highest BCUT2D eigenvalue weighted by Crippen LogP contribution is 2.36. The molecule has 0 saturated heterocycles. The minimum absolute atomic E-state index is 0.0360. The first-order valence-electron chi connectivity index (χ1n) is 9.89. The molecule has 1 rings (SSSR count). The molecular formula is C21H34N2O6Si. The monoisotopic (exact) mass is 438 g/mol. The number of hydrogen-bond acceptors (Lipinski definition) is 6. The van der Waals surface area contributed by atoms with Crippen molar-refractivity contribution in [2.75, 3.05) is 33.4 Å². The van der Waals surface area contributed by atoms with E-state index in [0.29, 0.717) is 6.61 Å². The summed E-state index contributed by atoms with van der Waals surface area (Å²) in [4.78, 5) is 37.4. The normalized spacial score (nSPS) is 11.5. The largest absolute Gasteiger partial charge is 0.468 e. The van der Waals surface area contributed by atoms with Crippen LogP contribution in [0.2, 0.25) is 18.1 Å². The van der Waals surface area contributed by atoms with Crippen LogP contribution >= 0.6 is 0 Å². The van der Waals surface area contributed by atoms with Crippen molar-refractivity contribution in [1.82, 2.24) is 10.2 Å². The van der Waals surface area contributed by atoms with Crippen LogP contribution in [-0.2, 0) is 30.1 Å². The van der Waals surface area contributed by atoms with Gasteiger partial charge in [0.25, 0.3) is 0 Å². The molecule has 0 atom stereocenters. The van der Waals surface area contributed by atoms with Crippen LogP contribution in [0, 0.1) is 0 Å². The van der Waals surface area contributed by atoms with Crippen LogP contribution in [0.25, 0.3) is 0 Å². The Balaban J connectivity index is 2.54.